The van der Waals surface area contributed by atoms with Crippen LogP contribution in [0.3, 0.4) is 0 Å². The molecule has 0 spiro atoms. The van der Waals surface area contributed by atoms with Crippen LogP contribution in [-0.2, 0) is 0 Å². The van der Waals surface area contributed by atoms with Gasteiger partial charge in [-0.15, -0.1) is 0 Å². The van der Waals surface area contributed by atoms with Crippen LogP contribution < -0.4 is 0 Å². The van der Waals surface area contributed by atoms with Crippen LogP contribution in [-0.4, -0.2) is 16.4 Å². The summed E-state index contributed by atoms with van der Waals surface area (Å²) in [7, 11) is 0. The highest BCUT2D eigenvalue weighted by atomic mass is 19.1. The van der Waals surface area contributed by atoms with Gasteiger partial charge >= 0.3 is 0 Å². The summed E-state index contributed by atoms with van der Waals surface area (Å²) in [5.74, 6) is 1.63. The molecule has 7 atom stereocenters. The van der Waals surface area contributed by atoms with Crippen molar-refractivity contribution in [1.29, 1.82) is 0 Å². The maximum Gasteiger partial charge on any atom is 0.117 e. The zero-order chi connectivity index (χ0) is 16.5. The predicted molar refractivity (Wildman–Crippen MR) is 91.8 cm³/mol. The average molecular weight is 320 g/mol. The molecule has 4 aliphatic carbocycles. The summed E-state index contributed by atoms with van der Waals surface area (Å²) >= 11 is 0. The van der Waals surface area contributed by atoms with E-state index in [0.717, 1.165) is 12.8 Å². The molecule has 0 heterocycles. The fraction of sp³-hybridized carbons (Fsp3) is 0.905. The Balaban J connectivity index is 1.63. The largest absolute Gasteiger partial charge is 0.390 e. The van der Waals surface area contributed by atoms with Crippen molar-refractivity contribution in [1.82, 2.24) is 0 Å². The van der Waals surface area contributed by atoms with E-state index < -0.39 is 11.3 Å². The molecular formula is C21H33FO. The lowest BCUT2D eigenvalue weighted by Crippen LogP contribution is -2.58. The van der Waals surface area contributed by atoms with E-state index in [1.54, 1.807) is 5.57 Å². The monoisotopic (exact) mass is 320 g/mol. The molecule has 4 saturated carbocycles. The van der Waals surface area contributed by atoms with Gasteiger partial charge < -0.3 is 5.11 Å². The Labute approximate surface area is 140 Å². The molecule has 4 aliphatic rings. The Morgan fingerprint density at radius 2 is 1.83 bits per heavy atom. The first-order valence-corrected chi connectivity index (χ1v) is 9.87. The van der Waals surface area contributed by atoms with E-state index >= 15 is 4.39 Å². The van der Waals surface area contributed by atoms with Crippen LogP contribution in [0.1, 0.15) is 78.6 Å². The van der Waals surface area contributed by atoms with Gasteiger partial charge in [-0.2, -0.15) is 0 Å². The third kappa shape index (κ3) is 2.19. The zero-order valence-corrected chi connectivity index (χ0v) is 15.1. The minimum atomic E-state index is -0.995. The lowest BCUT2D eigenvalue weighted by Gasteiger charge is -2.59. The molecule has 0 bridgehead atoms. The number of alkyl halides is 1. The number of aliphatic hydroxyl groups is 1. The van der Waals surface area contributed by atoms with Crippen LogP contribution in [0.5, 0.6) is 0 Å². The maximum atomic E-state index is 16.1. The van der Waals surface area contributed by atoms with Crippen LogP contribution >= 0.6 is 0 Å². The molecule has 0 saturated heterocycles. The van der Waals surface area contributed by atoms with Crippen LogP contribution in [0, 0.1) is 29.1 Å². The molecule has 1 unspecified atom stereocenters. The quantitative estimate of drug-likeness (QED) is 0.590. The standard InChI is InChI=1S/C21H33FO/c1-4-14-6-8-17-16-7-5-15-13-19(2,23)11-12-21(15,22)18(16)9-10-20(14,17)3/h4,15-18,23H,5-13H2,1-3H3/t15-,16+,17+,18?,19-,20-,21-/m1/s1. The topological polar surface area (TPSA) is 20.2 Å². The molecule has 1 nitrogen and oxygen atoms in total. The van der Waals surface area contributed by atoms with Crippen molar-refractivity contribution in [3.63, 3.8) is 0 Å². The van der Waals surface area contributed by atoms with Crippen molar-refractivity contribution in [2.45, 2.75) is 89.8 Å². The number of hydrogen-bond donors (Lipinski definition) is 1. The molecule has 130 valence electrons. The van der Waals surface area contributed by atoms with Gasteiger partial charge in [0.1, 0.15) is 5.67 Å². The minimum Gasteiger partial charge on any atom is -0.390 e. The molecule has 1 N–H and O–H groups in total. The van der Waals surface area contributed by atoms with E-state index in [1.165, 1.54) is 25.7 Å². The van der Waals surface area contributed by atoms with Crippen LogP contribution in [0.25, 0.3) is 0 Å². The SMILES string of the molecule is CC=C1CC[C@H]2[C@@H]3CC[C@@H]4C[C@](C)(O)CC[C@]4(F)C3CC[C@]12C. The molecule has 0 amide bonds. The highest BCUT2D eigenvalue weighted by Crippen LogP contribution is 2.66. The van der Waals surface area contributed by atoms with Gasteiger partial charge in [0.05, 0.1) is 5.60 Å². The number of halogens is 1. The second kappa shape index (κ2) is 5.07. The van der Waals surface area contributed by atoms with Gasteiger partial charge in [0.15, 0.2) is 0 Å². The van der Waals surface area contributed by atoms with Crippen molar-refractivity contribution in [2.75, 3.05) is 0 Å². The fourth-order valence-electron chi connectivity index (χ4n) is 7.30. The molecule has 2 heteroatoms. The molecular weight excluding hydrogens is 287 g/mol. The van der Waals surface area contributed by atoms with Crippen LogP contribution in [0.2, 0.25) is 0 Å². The van der Waals surface area contributed by atoms with Gasteiger partial charge in [0.25, 0.3) is 0 Å². The van der Waals surface area contributed by atoms with Gasteiger partial charge in [-0.25, -0.2) is 4.39 Å². The minimum absolute atomic E-state index is 0.0967. The van der Waals surface area contributed by atoms with Gasteiger partial charge in [-0.1, -0.05) is 18.6 Å². The van der Waals surface area contributed by atoms with E-state index in [0.29, 0.717) is 36.5 Å². The molecule has 0 radical (unpaired) electrons. The number of fused-ring (bicyclic) bond motifs is 5. The molecule has 0 aromatic heterocycles. The van der Waals surface area contributed by atoms with Crippen LogP contribution in [0.4, 0.5) is 4.39 Å². The normalized spacial score (nSPS) is 57.7. The summed E-state index contributed by atoms with van der Waals surface area (Å²) in [6, 6.07) is 0. The fourth-order valence-corrected chi connectivity index (χ4v) is 7.30. The first-order chi connectivity index (χ1) is 10.8. The lowest BCUT2D eigenvalue weighted by atomic mass is 9.48. The van der Waals surface area contributed by atoms with Gasteiger partial charge in [-0.3, -0.25) is 0 Å². The zero-order valence-electron chi connectivity index (χ0n) is 15.1. The summed E-state index contributed by atoms with van der Waals surface area (Å²) in [4.78, 5) is 0. The predicted octanol–water partition coefficient (Wildman–Crippen LogP) is 5.43. The Bertz CT molecular complexity index is 524. The smallest absolute Gasteiger partial charge is 0.117 e. The van der Waals surface area contributed by atoms with Crippen molar-refractivity contribution >= 4 is 0 Å². The van der Waals surface area contributed by atoms with Crippen molar-refractivity contribution < 1.29 is 9.50 Å². The van der Waals surface area contributed by atoms with Crippen molar-refractivity contribution in [2.24, 2.45) is 29.1 Å². The number of rotatable bonds is 0. The van der Waals surface area contributed by atoms with Gasteiger partial charge in [-0.05, 0) is 101 Å². The summed E-state index contributed by atoms with van der Waals surface area (Å²) in [5.41, 5.74) is 0.356. The molecule has 4 rings (SSSR count). The second-order valence-corrected chi connectivity index (χ2v) is 9.59. The van der Waals surface area contributed by atoms with Gasteiger partial charge in [0, 0.05) is 0 Å². The van der Waals surface area contributed by atoms with E-state index in [-0.39, 0.29) is 11.8 Å². The maximum absolute atomic E-state index is 16.1. The molecule has 23 heavy (non-hydrogen) atoms. The van der Waals surface area contributed by atoms with Crippen molar-refractivity contribution in [3.05, 3.63) is 11.6 Å². The Hall–Kier alpha value is -0.370. The summed E-state index contributed by atoms with van der Waals surface area (Å²) < 4.78 is 16.1. The lowest BCUT2D eigenvalue weighted by molar-refractivity contribution is -0.158. The summed E-state index contributed by atoms with van der Waals surface area (Å²) in [6.07, 6.45) is 11.2. The second-order valence-electron chi connectivity index (χ2n) is 9.59. The van der Waals surface area contributed by atoms with E-state index in [1.807, 2.05) is 6.92 Å². The van der Waals surface area contributed by atoms with E-state index in [4.69, 9.17) is 0 Å². The van der Waals surface area contributed by atoms with E-state index in [2.05, 4.69) is 19.9 Å². The average Bonchev–Trinajstić information content (AvgIpc) is 2.84. The molecule has 0 aromatic carbocycles. The Morgan fingerprint density at radius 3 is 2.57 bits per heavy atom. The van der Waals surface area contributed by atoms with Crippen LogP contribution in [0.15, 0.2) is 11.6 Å². The molecule has 0 aliphatic heterocycles. The third-order valence-electron chi connectivity index (χ3n) is 8.51. The van der Waals surface area contributed by atoms with E-state index in [9.17, 15) is 5.11 Å². The molecule has 0 aromatic rings. The summed E-state index contributed by atoms with van der Waals surface area (Å²) in [5, 5.41) is 10.4. The Morgan fingerprint density at radius 1 is 1.04 bits per heavy atom. The number of allylic oxidation sites excluding steroid dienone is 2. The molecule has 4 fully saturated rings. The third-order valence-corrected chi connectivity index (χ3v) is 8.51. The first-order valence-electron chi connectivity index (χ1n) is 9.87. The highest BCUT2D eigenvalue weighted by Gasteiger charge is 2.62. The summed E-state index contributed by atoms with van der Waals surface area (Å²) in [6.45, 7) is 6.55. The van der Waals surface area contributed by atoms with Crippen molar-refractivity contribution in [3.8, 4) is 0 Å². The Kier molecular flexibility index (Phi) is 3.55. The first kappa shape index (κ1) is 16.1. The highest BCUT2D eigenvalue weighted by molar-refractivity contribution is 5.24. The number of hydrogen-bond acceptors (Lipinski definition) is 1. The van der Waals surface area contributed by atoms with Gasteiger partial charge in [0.2, 0.25) is 0 Å².